The molecule has 2 heterocycles. The summed E-state index contributed by atoms with van der Waals surface area (Å²) in [6.45, 7) is 10.2. The van der Waals surface area contributed by atoms with Gasteiger partial charge in [0.25, 0.3) is 5.56 Å². The van der Waals surface area contributed by atoms with Crippen LogP contribution >= 0.6 is 22.6 Å². The summed E-state index contributed by atoms with van der Waals surface area (Å²) in [4.78, 5) is 16.9. The number of aromatic nitrogens is 1. The van der Waals surface area contributed by atoms with E-state index in [1.54, 1.807) is 7.05 Å². The standard InChI is InChI=1S/C15H21IN4O/c1-6-7-15(4)19-10(3)12-9(2)8-11(13(21)20(12)15)18-14(16)17-5/h8,19H,3,6-7H2,1-2,4-5H3,(H,17,18). The van der Waals surface area contributed by atoms with Gasteiger partial charge in [-0.3, -0.25) is 14.4 Å². The van der Waals surface area contributed by atoms with E-state index in [-0.39, 0.29) is 5.56 Å². The number of nitrogens with zero attached hydrogens (tertiary/aromatic N) is 2. The fourth-order valence-corrected chi connectivity index (χ4v) is 3.24. The Morgan fingerprint density at radius 2 is 2.29 bits per heavy atom. The number of aryl methyl sites for hydroxylation is 1. The number of aliphatic imine (C=N–C) groups is 1. The van der Waals surface area contributed by atoms with E-state index in [9.17, 15) is 4.79 Å². The van der Waals surface area contributed by atoms with Crippen molar-refractivity contribution in [1.29, 1.82) is 0 Å². The summed E-state index contributed by atoms with van der Waals surface area (Å²) in [5.74, 6) is 0. The first kappa shape index (κ1) is 16.1. The predicted molar refractivity (Wildman–Crippen MR) is 97.2 cm³/mol. The molecular formula is C15H21IN4O. The Kier molecular flexibility index (Phi) is 4.46. The smallest absolute Gasteiger partial charge is 0.276 e. The molecule has 6 heteroatoms. The molecule has 0 aromatic carbocycles. The molecule has 0 bridgehead atoms. The van der Waals surface area contributed by atoms with Crippen LogP contribution in [0.2, 0.25) is 0 Å². The number of hydrogen-bond donors (Lipinski definition) is 2. The van der Waals surface area contributed by atoms with Crippen LogP contribution < -0.4 is 16.2 Å². The molecular weight excluding hydrogens is 379 g/mol. The summed E-state index contributed by atoms with van der Waals surface area (Å²) >= 11 is 2.07. The largest absolute Gasteiger partial charge is 0.361 e. The lowest BCUT2D eigenvalue weighted by Gasteiger charge is -2.28. The molecule has 1 aromatic rings. The Balaban J connectivity index is 2.67. The summed E-state index contributed by atoms with van der Waals surface area (Å²) in [5.41, 5.74) is 2.81. The van der Waals surface area contributed by atoms with Gasteiger partial charge < -0.3 is 10.6 Å². The zero-order chi connectivity index (χ0) is 15.8. The second-order valence-corrected chi connectivity index (χ2v) is 6.52. The average Bonchev–Trinajstić information content (AvgIpc) is 2.67. The van der Waals surface area contributed by atoms with Crippen LogP contribution in [-0.4, -0.2) is 15.5 Å². The van der Waals surface area contributed by atoms with Gasteiger partial charge in [-0.2, -0.15) is 0 Å². The molecule has 0 aliphatic carbocycles. The highest BCUT2D eigenvalue weighted by molar-refractivity contribution is 14.1. The van der Waals surface area contributed by atoms with E-state index in [0.717, 1.165) is 29.8 Å². The van der Waals surface area contributed by atoms with Crippen molar-refractivity contribution in [2.24, 2.45) is 4.99 Å². The molecule has 114 valence electrons. The molecule has 1 atom stereocenters. The quantitative estimate of drug-likeness (QED) is 0.355. The molecule has 5 nitrogen and oxygen atoms in total. The van der Waals surface area contributed by atoms with Gasteiger partial charge in [0.1, 0.15) is 11.4 Å². The molecule has 0 amide bonds. The van der Waals surface area contributed by atoms with E-state index < -0.39 is 5.66 Å². The second-order valence-electron chi connectivity index (χ2n) is 5.50. The number of halogens is 1. The summed E-state index contributed by atoms with van der Waals surface area (Å²) in [6, 6.07) is 1.86. The molecule has 0 saturated heterocycles. The molecule has 2 N–H and O–H groups in total. The van der Waals surface area contributed by atoms with Crippen molar-refractivity contribution in [3.8, 4) is 0 Å². The van der Waals surface area contributed by atoms with E-state index in [0.29, 0.717) is 9.53 Å². The third kappa shape index (κ3) is 2.73. The van der Waals surface area contributed by atoms with Crippen LogP contribution in [0.15, 0.2) is 22.4 Å². The van der Waals surface area contributed by atoms with Crippen LogP contribution in [-0.2, 0) is 5.66 Å². The van der Waals surface area contributed by atoms with Crippen molar-refractivity contribution in [1.82, 2.24) is 9.88 Å². The van der Waals surface area contributed by atoms with Crippen molar-refractivity contribution in [3.63, 3.8) is 0 Å². The maximum absolute atomic E-state index is 12.9. The highest BCUT2D eigenvalue weighted by Crippen LogP contribution is 2.33. The Labute approximate surface area is 138 Å². The van der Waals surface area contributed by atoms with Gasteiger partial charge >= 0.3 is 0 Å². The van der Waals surface area contributed by atoms with Crippen molar-refractivity contribution in [3.05, 3.63) is 34.3 Å². The van der Waals surface area contributed by atoms with Gasteiger partial charge in [0.15, 0.2) is 3.84 Å². The Bertz CT molecular complexity index is 677. The molecule has 0 radical (unpaired) electrons. The molecule has 1 aliphatic rings. The van der Waals surface area contributed by atoms with Gasteiger partial charge in [-0.05, 0) is 54.5 Å². The first-order valence-electron chi connectivity index (χ1n) is 6.98. The number of fused-ring (bicyclic) bond motifs is 1. The van der Waals surface area contributed by atoms with Crippen LogP contribution in [0.3, 0.4) is 0 Å². The van der Waals surface area contributed by atoms with Crippen molar-refractivity contribution in [2.75, 3.05) is 12.4 Å². The minimum atomic E-state index is -0.421. The topological polar surface area (TPSA) is 58.4 Å². The van der Waals surface area contributed by atoms with Gasteiger partial charge in [-0.25, -0.2) is 0 Å². The number of pyridine rings is 1. The van der Waals surface area contributed by atoms with Crippen LogP contribution in [0.5, 0.6) is 0 Å². The van der Waals surface area contributed by atoms with E-state index in [1.165, 1.54) is 0 Å². The summed E-state index contributed by atoms with van der Waals surface area (Å²) in [5, 5.41) is 6.45. The first-order chi connectivity index (χ1) is 9.84. The van der Waals surface area contributed by atoms with Gasteiger partial charge in [0.05, 0.1) is 11.4 Å². The molecule has 1 aromatic heterocycles. The third-order valence-corrected chi connectivity index (χ3v) is 4.51. The summed E-state index contributed by atoms with van der Waals surface area (Å²) in [6.07, 6.45) is 1.84. The minimum absolute atomic E-state index is 0.0458. The van der Waals surface area contributed by atoms with E-state index >= 15 is 0 Å². The summed E-state index contributed by atoms with van der Waals surface area (Å²) in [7, 11) is 1.69. The van der Waals surface area contributed by atoms with E-state index in [2.05, 4.69) is 51.7 Å². The maximum Gasteiger partial charge on any atom is 0.276 e. The highest BCUT2D eigenvalue weighted by Gasteiger charge is 2.37. The zero-order valence-corrected chi connectivity index (χ0v) is 15.0. The van der Waals surface area contributed by atoms with Crippen molar-refractivity contribution >= 4 is 37.8 Å². The van der Waals surface area contributed by atoms with Gasteiger partial charge in [0.2, 0.25) is 0 Å². The SMILES string of the molecule is C=C1NC(C)(CCC)n2c1c(C)cc(NC(I)=NC)c2=O. The molecule has 0 fully saturated rings. The summed E-state index contributed by atoms with van der Waals surface area (Å²) < 4.78 is 2.52. The monoisotopic (exact) mass is 400 g/mol. The lowest BCUT2D eigenvalue weighted by molar-refractivity contribution is 0.272. The van der Waals surface area contributed by atoms with Crippen LogP contribution in [0.1, 0.15) is 37.9 Å². The third-order valence-electron chi connectivity index (χ3n) is 3.76. The van der Waals surface area contributed by atoms with Crippen molar-refractivity contribution < 1.29 is 0 Å². The number of nitrogens with one attached hydrogen (secondary N) is 2. The molecule has 2 rings (SSSR count). The normalized spacial score (nSPS) is 21.2. The lowest BCUT2D eigenvalue weighted by atomic mass is 10.1. The fourth-order valence-electron chi connectivity index (χ4n) is 2.95. The number of amidine groups is 1. The highest BCUT2D eigenvalue weighted by atomic mass is 127. The Morgan fingerprint density at radius 1 is 1.62 bits per heavy atom. The Morgan fingerprint density at radius 3 is 2.86 bits per heavy atom. The van der Waals surface area contributed by atoms with Gasteiger partial charge in [0, 0.05) is 7.05 Å². The van der Waals surface area contributed by atoms with Crippen LogP contribution in [0.25, 0.3) is 5.70 Å². The van der Waals surface area contributed by atoms with Crippen LogP contribution in [0, 0.1) is 6.92 Å². The minimum Gasteiger partial charge on any atom is -0.361 e. The van der Waals surface area contributed by atoms with Crippen molar-refractivity contribution in [2.45, 2.75) is 39.3 Å². The zero-order valence-electron chi connectivity index (χ0n) is 12.9. The predicted octanol–water partition coefficient (Wildman–Crippen LogP) is 3.04. The van der Waals surface area contributed by atoms with Crippen LogP contribution in [0.4, 0.5) is 5.69 Å². The van der Waals surface area contributed by atoms with Gasteiger partial charge in [-0.15, -0.1) is 0 Å². The average molecular weight is 400 g/mol. The molecule has 0 spiro atoms. The number of anilines is 1. The van der Waals surface area contributed by atoms with Gasteiger partial charge in [-0.1, -0.05) is 19.9 Å². The van der Waals surface area contributed by atoms with E-state index in [4.69, 9.17) is 0 Å². The lowest BCUT2D eigenvalue weighted by Crippen LogP contribution is -2.44. The van der Waals surface area contributed by atoms with E-state index in [1.807, 2.05) is 24.5 Å². The Hall–Kier alpha value is -1.31. The second kappa shape index (κ2) is 5.82. The molecule has 1 aliphatic heterocycles. The first-order valence-corrected chi connectivity index (χ1v) is 8.06. The fraction of sp³-hybridized carbons (Fsp3) is 0.467. The molecule has 21 heavy (non-hydrogen) atoms. The maximum atomic E-state index is 12.9. The number of rotatable bonds is 3. The molecule has 0 saturated carbocycles. The molecule has 1 unspecified atom stereocenters. The number of hydrogen-bond acceptors (Lipinski definition) is 3.